The second-order valence-corrected chi connectivity index (χ2v) is 12.1. The monoisotopic (exact) mass is 617 g/mol. The van der Waals surface area contributed by atoms with Gasteiger partial charge in [-0.25, -0.2) is 9.18 Å². The minimum atomic E-state index is -1.25. The number of para-hydroxylation sites is 1. The van der Waals surface area contributed by atoms with Crippen LogP contribution < -0.4 is 14.4 Å². The van der Waals surface area contributed by atoms with Gasteiger partial charge in [-0.15, -0.1) is 0 Å². The Morgan fingerprint density at radius 3 is 2.70 bits per heavy atom. The number of ether oxygens (including phenoxy) is 2. The summed E-state index contributed by atoms with van der Waals surface area (Å²) in [6, 6.07) is 13.9. The fourth-order valence-electron chi connectivity index (χ4n) is 5.56. The van der Waals surface area contributed by atoms with Crippen LogP contribution in [0.4, 0.5) is 10.1 Å². The number of aromatic nitrogens is 2. The van der Waals surface area contributed by atoms with Crippen LogP contribution in [0.25, 0.3) is 11.1 Å². The Bertz CT molecular complexity index is 1730. The first-order valence-electron chi connectivity index (χ1n) is 14.6. The van der Waals surface area contributed by atoms with Crippen LogP contribution in [-0.4, -0.2) is 46.5 Å². The number of amides is 1. The molecule has 4 aromatic rings. The topological polar surface area (TPSA) is 93.9 Å². The molecule has 1 saturated carbocycles. The largest absolute Gasteiger partial charge is 0.493 e. The number of carboxylic acid groups (broad SMARTS) is 1. The molecule has 8 nitrogen and oxygen atoms in total. The number of rotatable bonds is 9. The van der Waals surface area contributed by atoms with Crippen LogP contribution in [0.1, 0.15) is 52.7 Å². The third-order valence-corrected chi connectivity index (χ3v) is 8.90. The van der Waals surface area contributed by atoms with Gasteiger partial charge in [-0.3, -0.25) is 9.48 Å². The summed E-state index contributed by atoms with van der Waals surface area (Å²) in [5.41, 5.74) is 4.37. The number of nitrogens with zero attached hydrogens (tertiary/aromatic N) is 3. The zero-order chi connectivity index (χ0) is 31.0. The maximum Gasteiger partial charge on any atom is 0.335 e. The summed E-state index contributed by atoms with van der Waals surface area (Å²) >= 11 is 6.22. The Labute approximate surface area is 260 Å². The summed E-state index contributed by atoms with van der Waals surface area (Å²) in [6.45, 7) is 5.66. The first-order valence-corrected chi connectivity index (χ1v) is 15.0. The van der Waals surface area contributed by atoms with Gasteiger partial charge in [0, 0.05) is 46.3 Å². The fourth-order valence-corrected chi connectivity index (χ4v) is 5.83. The number of fused-ring (bicyclic) bond motifs is 1. The minimum absolute atomic E-state index is 0.0122. The number of aryl methyl sites for hydroxylation is 1. The van der Waals surface area contributed by atoms with Gasteiger partial charge in [0.2, 0.25) is 5.91 Å². The molecule has 0 atom stereocenters. The second-order valence-electron chi connectivity index (χ2n) is 11.7. The Balaban J connectivity index is 1.21. The van der Waals surface area contributed by atoms with E-state index in [1.165, 1.54) is 16.3 Å². The quantitative estimate of drug-likeness (QED) is 0.202. The molecule has 1 spiro atoms. The molecule has 0 radical (unpaired) electrons. The van der Waals surface area contributed by atoms with Crippen LogP contribution in [0.3, 0.4) is 0 Å². The lowest BCUT2D eigenvalue weighted by Crippen LogP contribution is -2.36. The van der Waals surface area contributed by atoms with Crippen molar-refractivity contribution >= 4 is 29.2 Å². The summed E-state index contributed by atoms with van der Waals surface area (Å²) in [6.07, 6.45) is 6.35. The van der Waals surface area contributed by atoms with Gasteiger partial charge in [-0.2, -0.15) is 5.10 Å². The van der Waals surface area contributed by atoms with Crippen LogP contribution in [0.5, 0.6) is 11.5 Å². The van der Waals surface area contributed by atoms with Crippen molar-refractivity contribution in [3.05, 3.63) is 94.0 Å². The van der Waals surface area contributed by atoms with Crippen LogP contribution in [0.15, 0.2) is 60.9 Å². The van der Waals surface area contributed by atoms with Gasteiger partial charge in [0.15, 0.2) is 5.75 Å². The molecule has 0 bridgehead atoms. The lowest BCUT2D eigenvalue weighted by molar-refractivity contribution is -0.119. The van der Waals surface area contributed by atoms with Crippen LogP contribution >= 0.6 is 11.6 Å². The predicted octanol–water partition coefficient (Wildman–Crippen LogP) is 7.07. The zero-order valence-corrected chi connectivity index (χ0v) is 25.4. The Morgan fingerprint density at radius 2 is 1.95 bits per heavy atom. The highest BCUT2D eigenvalue weighted by atomic mass is 35.5. The maximum atomic E-state index is 14.7. The standard InChI is InChI=1S/C34H33ClFN3O5/c1-21-6-3-9-30(22(21)2)43-13-5-10-31(40)39-19-34(11-12-34)20-44-32-25(7-4-8-29(32)39)24-16-37-38(17-24)18-26-27(35)14-23(33(41)42)15-28(26)36/h3-4,6-9,14-17H,5,10-13,18-20H2,1-2H3,(H,41,42). The Hall–Kier alpha value is -4.37. The normalized spacial score (nSPS) is 15.0. The van der Waals surface area contributed by atoms with E-state index in [0.29, 0.717) is 38.3 Å². The van der Waals surface area contributed by atoms with Gasteiger partial charge in [-0.1, -0.05) is 35.9 Å². The van der Waals surface area contributed by atoms with E-state index < -0.39 is 11.8 Å². The molecule has 228 valence electrons. The molecule has 6 rings (SSSR count). The summed E-state index contributed by atoms with van der Waals surface area (Å²) in [4.78, 5) is 26.8. The van der Waals surface area contributed by atoms with E-state index >= 15 is 0 Å². The number of hydrogen-bond donors (Lipinski definition) is 1. The number of carbonyl (C=O) groups excluding carboxylic acids is 1. The molecule has 1 aliphatic heterocycles. The molecule has 1 N–H and O–H groups in total. The molecule has 2 aliphatic rings. The van der Waals surface area contributed by atoms with Crippen molar-refractivity contribution in [2.24, 2.45) is 5.41 Å². The average Bonchev–Trinajstić information content (AvgIpc) is 3.66. The smallest absolute Gasteiger partial charge is 0.335 e. The molecular formula is C34H33ClFN3O5. The van der Waals surface area contributed by atoms with Gasteiger partial charge in [-0.05, 0) is 68.5 Å². The van der Waals surface area contributed by atoms with E-state index in [-0.39, 0.29) is 34.0 Å². The van der Waals surface area contributed by atoms with E-state index in [1.54, 1.807) is 12.4 Å². The van der Waals surface area contributed by atoms with Crippen LogP contribution in [-0.2, 0) is 11.3 Å². The number of halogens is 2. The molecule has 0 unspecified atom stereocenters. The third-order valence-electron chi connectivity index (χ3n) is 8.56. The molecule has 1 aromatic heterocycles. The van der Waals surface area contributed by atoms with Gasteiger partial charge >= 0.3 is 5.97 Å². The van der Waals surface area contributed by atoms with Gasteiger partial charge in [0.25, 0.3) is 0 Å². The highest BCUT2D eigenvalue weighted by molar-refractivity contribution is 6.31. The molecule has 0 saturated heterocycles. The molecule has 1 amide bonds. The average molecular weight is 618 g/mol. The van der Waals surface area contributed by atoms with Crippen molar-refractivity contribution in [1.29, 1.82) is 0 Å². The number of carboxylic acids is 1. The van der Waals surface area contributed by atoms with Crippen molar-refractivity contribution < 1.29 is 28.6 Å². The lowest BCUT2D eigenvalue weighted by atomic mass is 10.1. The number of hydrogen-bond acceptors (Lipinski definition) is 5. The number of aromatic carboxylic acids is 1. The maximum absolute atomic E-state index is 14.7. The molecule has 3 aromatic carbocycles. The predicted molar refractivity (Wildman–Crippen MR) is 165 cm³/mol. The lowest BCUT2D eigenvalue weighted by Gasteiger charge is -2.25. The number of anilines is 1. The summed E-state index contributed by atoms with van der Waals surface area (Å²) in [5, 5.41) is 13.6. The van der Waals surface area contributed by atoms with Crippen molar-refractivity contribution in [3.63, 3.8) is 0 Å². The zero-order valence-electron chi connectivity index (χ0n) is 24.6. The first kappa shape index (κ1) is 29.7. The molecule has 2 heterocycles. The molecular weight excluding hydrogens is 585 g/mol. The van der Waals surface area contributed by atoms with Crippen molar-refractivity contribution in [3.8, 4) is 22.6 Å². The van der Waals surface area contributed by atoms with Crippen molar-refractivity contribution in [2.45, 2.75) is 46.1 Å². The van der Waals surface area contributed by atoms with E-state index in [9.17, 15) is 19.1 Å². The molecule has 1 fully saturated rings. The highest BCUT2D eigenvalue weighted by Crippen LogP contribution is 2.52. The first-order chi connectivity index (χ1) is 21.1. The summed E-state index contributed by atoms with van der Waals surface area (Å²) < 4.78 is 28.7. The Morgan fingerprint density at radius 1 is 1.16 bits per heavy atom. The fraction of sp³-hybridized carbons (Fsp3) is 0.324. The summed E-state index contributed by atoms with van der Waals surface area (Å²) in [5.74, 6) is -0.488. The van der Waals surface area contributed by atoms with Crippen molar-refractivity contribution in [1.82, 2.24) is 9.78 Å². The Kier molecular flexibility index (Phi) is 8.07. The highest BCUT2D eigenvalue weighted by Gasteiger charge is 2.48. The second kappa shape index (κ2) is 12.0. The SMILES string of the molecule is Cc1cccc(OCCCC(=O)N2CC3(CC3)COc3c(-c4cnn(Cc5c(F)cc(C(=O)O)cc5Cl)c4)cccc32)c1C. The summed E-state index contributed by atoms with van der Waals surface area (Å²) in [7, 11) is 0. The van der Waals surface area contributed by atoms with Crippen LogP contribution in [0.2, 0.25) is 5.02 Å². The minimum Gasteiger partial charge on any atom is -0.493 e. The van der Waals surface area contributed by atoms with Gasteiger partial charge in [0.1, 0.15) is 11.6 Å². The van der Waals surface area contributed by atoms with Gasteiger partial charge < -0.3 is 19.5 Å². The third kappa shape index (κ3) is 6.01. The van der Waals surface area contributed by atoms with Crippen molar-refractivity contribution in [2.75, 3.05) is 24.7 Å². The van der Waals surface area contributed by atoms with E-state index in [1.807, 2.05) is 42.2 Å². The molecule has 10 heteroatoms. The molecule has 1 aliphatic carbocycles. The van der Waals surface area contributed by atoms with Gasteiger partial charge in [0.05, 0.1) is 37.2 Å². The number of benzene rings is 3. The van der Waals surface area contributed by atoms with Crippen LogP contribution in [0, 0.1) is 25.1 Å². The van der Waals surface area contributed by atoms with E-state index in [0.717, 1.165) is 47.0 Å². The molecule has 44 heavy (non-hydrogen) atoms. The van der Waals surface area contributed by atoms with E-state index in [4.69, 9.17) is 21.1 Å². The number of carbonyl (C=O) groups is 2. The van der Waals surface area contributed by atoms with E-state index in [2.05, 4.69) is 18.1 Å².